The summed E-state index contributed by atoms with van der Waals surface area (Å²) in [5.41, 5.74) is 2.97. The third-order valence-electron chi connectivity index (χ3n) is 3.12. The van der Waals surface area contributed by atoms with Gasteiger partial charge in [-0.3, -0.25) is 0 Å². The van der Waals surface area contributed by atoms with Crippen LogP contribution in [0, 0.1) is 0 Å². The normalized spacial score (nSPS) is 13.8. The smallest absolute Gasteiger partial charge is 0.154 e. The van der Waals surface area contributed by atoms with Crippen molar-refractivity contribution in [2.45, 2.75) is 19.5 Å². The van der Waals surface area contributed by atoms with Gasteiger partial charge < -0.3 is 4.57 Å². The summed E-state index contributed by atoms with van der Waals surface area (Å²) in [6, 6.07) is 13.6. The van der Waals surface area contributed by atoms with Crippen LogP contribution < -0.4 is 5.30 Å². The number of thiophene rings is 1. The monoisotopic (exact) mass is 288 g/mol. The molecule has 0 N–H and O–H groups in total. The van der Waals surface area contributed by atoms with Gasteiger partial charge in [0.15, 0.2) is 7.14 Å². The molecule has 2 aromatic rings. The van der Waals surface area contributed by atoms with Gasteiger partial charge in [-0.25, -0.2) is 0 Å². The first-order valence-electron chi connectivity index (χ1n) is 6.20. The van der Waals surface area contributed by atoms with Crippen molar-refractivity contribution >= 4 is 29.1 Å². The molecular weight excluding hydrogens is 271 g/mol. The van der Waals surface area contributed by atoms with Gasteiger partial charge in [0.1, 0.15) is 0 Å². The Morgan fingerprint density at radius 1 is 1.21 bits per heavy atom. The van der Waals surface area contributed by atoms with Crippen LogP contribution in [-0.4, -0.2) is 5.66 Å². The Labute approximate surface area is 118 Å². The van der Waals surface area contributed by atoms with E-state index in [1.807, 2.05) is 61.7 Å². The van der Waals surface area contributed by atoms with Crippen LogP contribution in [0.15, 0.2) is 60.2 Å². The topological polar surface area (TPSA) is 17.1 Å². The molecule has 0 saturated carbocycles. The van der Waals surface area contributed by atoms with E-state index < -0.39 is 7.14 Å². The lowest BCUT2D eigenvalue weighted by atomic mass is 10.4. The van der Waals surface area contributed by atoms with Gasteiger partial charge in [0.25, 0.3) is 0 Å². The van der Waals surface area contributed by atoms with Crippen molar-refractivity contribution in [2.75, 3.05) is 0 Å². The molecule has 2 rings (SSSR count). The lowest BCUT2D eigenvalue weighted by molar-refractivity contribution is 0.582. The molecule has 1 aromatic carbocycles. The van der Waals surface area contributed by atoms with Crippen LogP contribution in [0.25, 0.3) is 5.31 Å². The highest BCUT2D eigenvalue weighted by Gasteiger charge is 2.34. The van der Waals surface area contributed by atoms with E-state index in [1.165, 1.54) is 0 Å². The molecule has 0 spiro atoms. The maximum atomic E-state index is 13.6. The Balaban J connectivity index is 2.65. The summed E-state index contributed by atoms with van der Waals surface area (Å²) < 4.78 is 13.6. The van der Waals surface area contributed by atoms with Gasteiger partial charge in [0.2, 0.25) is 0 Å². The Kier molecular flexibility index (Phi) is 4.27. The predicted molar refractivity (Wildman–Crippen MR) is 85.7 cm³/mol. The molecule has 98 valence electrons. The predicted octanol–water partition coefficient (Wildman–Crippen LogP) is 4.97. The zero-order valence-electron chi connectivity index (χ0n) is 11.2. The average Bonchev–Trinajstić information content (AvgIpc) is 2.94. The first-order valence-corrected chi connectivity index (χ1v) is 8.86. The van der Waals surface area contributed by atoms with Crippen LogP contribution in [0.5, 0.6) is 0 Å². The third kappa shape index (κ3) is 2.53. The van der Waals surface area contributed by atoms with Gasteiger partial charge in [0.05, 0.1) is 5.31 Å². The van der Waals surface area contributed by atoms with Crippen LogP contribution in [0.3, 0.4) is 0 Å². The lowest BCUT2D eigenvalue weighted by Crippen LogP contribution is -2.13. The molecule has 0 aliphatic heterocycles. The summed E-state index contributed by atoms with van der Waals surface area (Å²) in [5.74, 6) is 0. The second kappa shape index (κ2) is 5.75. The SMILES string of the molecule is C=C=C(c1cccs1)[P@@](=O)(c1ccccc1)C(C)C. The minimum absolute atomic E-state index is 0.0289. The van der Waals surface area contributed by atoms with Gasteiger partial charge in [0, 0.05) is 15.8 Å². The molecular formula is C16H17OPS. The van der Waals surface area contributed by atoms with Crippen molar-refractivity contribution in [1.29, 1.82) is 0 Å². The fourth-order valence-corrected chi connectivity index (χ4v) is 5.95. The van der Waals surface area contributed by atoms with Crippen LogP contribution in [-0.2, 0) is 4.57 Å². The second-order valence-corrected chi connectivity index (χ2v) is 8.85. The summed E-state index contributed by atoms with van der Waals surface area (Å²) in [5, 5.41) is 3.62. The lowest BCUT2D eigenvalue weighted by Gasteiger charge is -2.23. The van der Waals surface area contributed by atoms with Crippen LogP contribution in [0.2, 0.25) is 0 Å². The van der Waals surface area contributed by atoms with Gasteiger partial charge in [-0.1, -0.05) is 56.8 Å². The number of hydrogen-bond acceptors (Lipinski definition) is 2. The number of hydrogen-bond donors (Lipinski definition) is 0. The molecule has 0 bridgehead atoms. The molecule has 1 nitrogen and oxygen atoms in total. The highest BCUT2D eigenvalue weighted by molar-refractivity contribution is 7.82. The number of rotatable bonds is 4. The van der Waals surface area contributed by atoms with E-state index in [2.05, 4.69) is 12.3 Å². The molecule has 0 unspecified atom stereocenters. The number of benzene rings is 1. The summed E-state index contributed by atoms with van der Waals surface area (Å²) in [6.45, 7) is 7.76. The minimum Gasteiger partial charge on any atom is -0.313 e. The second-order valence-electron chi connectivity index (χ2n) is 4.59. The highest BCUT2D eigenvalue weighted by atomic mass is 32.1. The molecule has 19 heavy (non-hydrogen) atoms. The molecule has 0 saturated heterocycles. The summed E-state index contributed by atoms with van der Waals surface area (Å²) >= 11 is 1.58. The van der Waals surface area contributed by atoms with Gasteiger partial charge in [-0.15, -0.1) is 17.1 Å². The average molecular weight is 288 g/mol. The van der Waals surface area contributed by atoms with E-state index in [0.29, 0.717) is 0 Å². The molecule has 0 aliphatic rings. The van der Waals surface area contributed by atoms with Crippen molar-refractivity contribution in [2.24, 2.45) is 0 Å². The van der Waals surface area contributed by atoms with Crippen molar-refractivity contribution in [1.82, 2.24) is 0 Å². The first kappa shape index (κ1) is 14.1. The molecule has 1 heterocycles. The molecule has 1 atom stereocenters. The first-order chi connectivity index (χ1) is 9.10. The maximum Gasteiger partial charge on any atom is 0.154 e. The maximum absolute atomic E-state index is 13.6. The Hall–Kier alpha value is -1.33. The molecule has 0 radical (unpaired) electrons. The summed E-state index contributed by atoms with van der Waals surface area (Å²) in [6.07, 6.45) is 0. The van der Waals surface area contributed by atoms with Gasteiger partial charge in [-0.05, 0) is 11.4 Å². The van der Waals surface area contributed by atoms with E-state index in [0.717, 1.165) is 15.5 Å². The fraction of sp³-hybridized carbons (Fsp3) is 0.188. The quantitative estimate of drug-likeness (QED) is 0.573. The van der Waals surface area contributed by atoms with Crippen LogP contribution in [0.4, 0.5) is 0 Å². The minimum atomic E-state index is -2.69. The third-order valence-corrected chi connectivity index (χ3v) is 7.74. The van der Waals surface area contributed by atoms with Crippen molar-refractivity contribution in [3.05, 3.63) is 65.0 Å². The Bertz CT molecular complexity index is 635. The summed E-state index contributed by atoms with van der Waals surface area (Å²) in [7, 11) is -2.69. The highest BCUT2D eigenvalue weighted by Crippen LogP contribution is 2.61. The van der Waals surface area contributed by atoms with Crippen LogP contribution in [0.1, 0.15) is 18.7 Å². The van der Waals surface area contributed by atoms with E-state index in [9.17, 15) is 4.57 Å². The van der Waals surface area contributed by atoms with Crippen molar-refractivity contribution in [3.8, 4) is 0 Å². The Morgan fingerprint density at radius 3 is 2.37 bits per heavy atom. The van der Waals surface area contributed by atoms with E-state index in [4.69, 9.17) is 0 Å². The van der Waals surface area contributed by atoms with E-state index in [1.54, 1.807) is 11.3 Å². The zero-order valence-corrected chi connectivity index (χ0v) is 12.9. The molecule has 0 fully saturated rings. The largest absolute Gasteiger partial charge is 0.313 e. The molecule has 0 aliphatic carbocycles. The van der Waals surface area contributed by atoms with Gasteiger partial charge >= 0.3 is 0 Å². The van der Waals surface area contributed by atoms with E-state index >= 15 is 0 Å². The van der Waals surface area contributed by atoms with Crippen molar-refractivity contribution < 1.29 is 4.57 Å². The van der Waals surface area contributed by atoms with E-state index in [-0.39, 0.29) is 5.66 Å². The Morgan fingerprint density at radius 2 is 1.89 bits per heavy atom. The molecule has 1 aromatic heterocycles. The van der Waals surface area contributed by atoms with Crippen molar-refractivity contribution in [3.63, 3.8) is 0 Å². The molecule has 3 heteroatoms. The molecule has 0 amide bonds. The fourth-order valence-electron chi connectivity index (χ4n) is 2.12. The van der Waals surface area contributed by atoms with Gasteiger partial charge in [-0.2, -0.15) is 0 Å². The zero-order chi connectivity index (χ0) is 13.9. The van der Waals surface area contributed by atoms with Crippen LogP contribution >= 0.6 is 18.5 Å². The summed E-state index contributed by atoms with van der Waals surface area (Å²) in [4.78, 5) is 0.996. The standard InChI is InChI=1S/C16H17OPS/c1-4-15(16-11-8-12-19-16)18(17,13(2)3)14-9-6-5-7-10-14/h5-13H,1H2,2-3H3/t18-/m0/s1.